The molecule has 2 aromatic heterocycles. The number of likely N-dealkylation sites (N-methyl/N-ethyl adjacent to an activating group) is 1. The molecule has 0 saturated carbocycles. The fraction of sp³-hybridized carbons (Fsp3) is 0.372. The lowest BCUT2D eigenvalue weighted by molar-refractivity contribution is -0.138. The third kappa shape index (κ3) is 7.91. The number of aromatic amines is 2. The number of amides is 3. The van der Waals surface area contributed by atoms with Gasteiger partial charge in [0.2, 0.25) is 11.8 Å². The number of ether oxygens (including phenoxy) is 1. The number of hydrogen-bond donors (Lipinski definition) is 3. The van der Waals surface area contributed by atoms with Crippen molar-refractivity contribution in [1.82, 2.24) is 40.0 Å². The van der Waals surface area contributed by atoms with Crippen molar-refractivity contribution in [2.75, 3.05) is 33.3 Å². The summed E-state index contributed by atoms with van der Waals surface area (Å²) in [7, 11) is 1.28. The minimum atomic E-state index is -0.697. The van der Waals surface area contributed by atoms with Crippen LogP contribution >= 0.6 is 0 Å². The molecule has 3 aromatic carbocycles. The molecule has 4 heterocycles. The first-order valence-electron chi connectivity index (χ1n) is 19.3. The molecule has 0 unspecified atom stereocenters. The maximum absolute atomic E-state index is 14.2. The topological polar surface area (TPSA) is 140 Å². The van der Waals surface area contributed by atoms with Crippen molar-refractivity contribution in [2.24, 2.45) is 0 Å². The van der Waals surface area contributed by atoms with E-state index in [1.54, 1.807) is 11.8 Å². The van der Waals surface area contributed by atoms with Gasteiger partial charge in [-0.3, -0.25) is 14.5 Å². The Labute approximate surface area is 322 Å². The first-order chi connectivity index (χ1) is 26.8. The van der Waals surface area contributed by atoms with Crippen LogP contribution < -0.4 is 5.32 Å². The number of alkyl carbamates (subject to hydrolysis) is 1. The van der Waals surface area contributed by atoms with E-state index in [1.807, 2.05) is 35.5 Å². The van der Waals surface area contributed by atoms with E-state index in [0.717, 1.165) is 96.2 Å². The van der Waals surface area contributed by atoms with Gasteiger partial charge in [0.25, 0.3) is 0 Å². The van der Waals surface area contributed by atoms with Crippen molar-refractivity contribution in [1.29, 1.82) is 0 Å². The number of H-pyrrole nitrogens is 2. The molecule has 0 spiro atoms. The summed E-state index contributed by atoms with van der Waals surface area (Å²) >= 11 is 0. The molecular weight excluding hydrogens is 693 g/mol. The fourth-order valence-corrected chi connectivity index (χ4v) is 8.06. The second-order valence-corrected chi connectivity index (χ2v) is 14.3. The first kappa shape index (κ1) is 37.6. The summed E-state index contributed by atoms with van der Waals surface area (Å²) in [5, 5.41) is 2.57. The number of benzene rings is 3. The molecule has 3 N–H and O–H groups in total. The Kier molecular flexibility index (Phi) is 11.4. The van der Waals surface area contributed by atoms with Crippen molar-refractivity contribution >= 4 is 17.9 Å². The number of aromatic nitrogens is 4. The molecule has 55 heavy (non-hydrogen) atoms. The van der Waals surface area contributed by atoms with E-state index in [9.17, 15) is 14.4 Å². The third-order valence-electron chi connectivity index (χ3n) is 11.0. The number of methoxy groups -OCH3 is 1. The summed E-state index contributed by atoms with van der Waals surface area (Å²) in [6, 6.07) is 25.6. The van der Waals surface area contributed by atoms with E-state index in [-0.39, 0.29) is 29.9 Å². The van der Waals surface area contributed by atoms with Crippen LogP contribution in [0.25, 0.3) is 33.6 Å². The van der Waals surface area contributed by atoms with Crippen LogP contribution in [0.5, 0.6) is 0 Å². The molecule has 12 heteroatoms. The Hall–Kier alpha value is -5.75. The summed E-state index contributed by atoms with van der Waals surface area (Å²) in [5.74, 6) is 1.53. The normalized spacial score (nSPS) is 18.1. The predicted octanol–water partition coefficient (Wildman–Crippen LogP) is 7.29. The Morgan fingerprint density at radius 2 is 1.22 bits per heavy atom. The van der Waals surface area contributed by atoms with E-state index in [0.29, 0.717) is 6.54 Å². The number of likely N-dealkylation sites (tertiary alicyclic amines) is 2. The average molecular weight is 743 g/mol. The number of carbonyl (C=O) groups excluding carboxylic acids is 3. The zero-order valence-electron chi connectivity index (χ0n) is 32.0. The van der Waals surface area contributed by atoms with Crippen LogP contribution in [0.1, 0.15) is 81.8 Å². The number of nitrogens with one attached hydrogen (secondary N) is 3. The summed E-state index contributed by atoms with van der Waals surface area (Å²) in [5.41, 5.74) is 7.01. The third-order valence-corrected chi connectivity index (χ3v) is 11.0. The molecule has 2 saturated heterocycles. The number of rotatable bonds is 12. The van der Waals surface area contributed by atoms with Crippen LogP contribution in [-0.4, -0.2) is 91.9 Å². The minimum absolute atomic E-state index is 0.0922. The van der Waals surface area contributed by atoms with Gasteiger partial charge in [-0.15, -0.1) is 0 Å². The SMILES string of the molecule is CCN(CC)[C@H](C(=O)N1CCC[C@H]1c1ncc(-c2ccc(-c3ccc(-c4cnc([C@@H]5CCCN5C(=O)[C@H](C)NC(=O)OC)[nH]4)cc3)cc2)[nH]1)c1ccccc1. The number of nitrogens with zero attached hydrogens (tertiary/aromatic N) is 5. The number of carbonyl (C=O) groups is 3. The molecule has 3 amide bonds. The largest absolute Gasteiger partial charge is 0.453 e. The van der Waals surface area contributed by atoms with Gasteiger partial charge in [-0.1, -0.05) is 92.7 Å². The van der Waals surface area contributed by atoms with Crippen LogP contribution in [0.4, 0.5) is 4.79 Å². The van der Waals surface area contributed by atoms with E-state index >= 15 is 0 Å². The first-order valence-corrected chi connectivity index (χ1v) is 19.3. The van der Waals surface area contributed by atoms with Gasteiger partial charge in [0.05, 0.1) is 43.0 Å². The Balaban J connectivity index is 1.01. The smallest absolute Gasteiger partial charge is 0.407 e. The van der Waals surface area contributed by atoms with Crippen LogP contribution in [0.2, 0.25) is 0 Å². The zero-order chi connectivity index (χ0) is 38.5. The summed E-state index contributed by atoms with van der Waals surface area (Å²) in [6.45, 7) is 8.79. The Morgan fingerprint density at radius 3 is 1.69 bits per heavy atom. The van der Waals surface area contributed by atoms with Crippen LogP contribution in [-0.2, 0) is 14.3 Å². The average Bonchev–Trinajstić information content (AvgIpc) is 4.07. The predicted molar refractivity (Wildman–Crippen MR) is 212 cm³/mol. The highest BCUT2D eigenvalue weighted by Gasteiger charge is 2.38. The standard InChI is InChI=1S/C43H50N8O4/c1-5-49(6-2)38(33-12-8-7-9-13-33)42(53)51-25-11-15-37(51)40-45-27-35(48-40)32-22-18-30(19-23-32)29-16-20-31(21-17-29)34-26-44-39(47-34)36-14-10-24-50(36)41(52)28(3)46-43(54)55-4/h7-9,12-13,16-23,26-28,36-38H,5-6,10-11,14-15,24-25H2,1-4H3,(H,44,47)(H,45,48)(H,46,54)/t28-,36-,37-,38-/m0/s1. The van der Waals surface area contributed by atoms with E-state index in [1.165, 1.54) is 7.11 Å². The summed E-state index contributed by atoms with van der Waals surface area (Å²) < 4.78 is 4.66. The molecule has 0 bridgehead atoms. The van der Waals surface area contributed by atoms with Crippen LogP contribution in [0.15, 0.2) is 91.3 Å². The maximum Gasteiger partial charge on any atom is 0.407 e. The number of hydrogen-bond acceptors (Lipinski definition) is 7. The van der Waals surface area contributed by atoms with E-state index in [2.05, 4.69) is 104 Å². The van der Waals surface area contributed by atoms with Gasteiger partial charge in [0.15, 0.2) is 0 Å². The molecule has 5 aromatic rings. The lowest BCUT2D eigenvalue weighted by Gasteiger charge is -2.34. The maximum atomic E-state index is 14.2. The van der Waals surface area contributed by atoms with Gasteiger partial charge in [-0.2, -0.15) is 0 Å². The van der Waals surface area contributed by atoms with Crippen molar-refractivity contribution in [3.63, 3.8) is 0 Å². The highest BCUT2D eigenvalue weighted by atomic mass is 16.5. The van der Waals surface area contributed by atoms with Gasteiger partial charge >= 0.3 is 6.09 Å². The van der Waals surface area contributed by atoms with Gasteiger partial charge in [-0.25, -0.2) is 14.8 Å². The van der Waals surface area contributed by atoms with Gasteiger partial charge in [0, 0.05) is 13.1 Å². The molecule has 2 fully saturated rings. The van der Waals surface area contributed by atoms with Crippen molar-refractivity contribution < 1.29 is 19.1 Å². The molecule has 4 atom stereocenters. The highest BCUT2D eigenvalue weighted by molar-refractivity contribution is 5.86. The Bertz CT molecular complexity index is 2070. The second kappa shape index (κ2) is 16.7. The molecule has 2 aliphatic rings. The van der Waals surface area contributed by atoms with E-state index in [4.69, 9.17) is 4.98 Å². The lowest BCUT2D eigenvalue weighted by Crippen LogP contribution is -2.46. The van der Waals surface area contributed by atoms with Gasteiger partial charge in [0.1, 0.15) is 23.7 Å². The van der Waals surface area contributed by atoms with Gasteiger partial charge < -0.3 is 29.8 Å². The quantitative estimate of drug-likeness (QED) is 0.122. The molecule has 2 aliphatic heterocycles. The van der Waals surface area contributed by atoms with Crippen molar-refractivity contribution in [3.05, 3.63) is 108 Å². The Morgan fingerprint density at radius 1 is 0.745 bits per heavy atom. The number of imidazole rings is 2. The monoisotopic (exact) mass is 742 g/mol. The lowest BCUT2D eigenvalue weighted by atomic mass is 10.0. The van der Waals surface area contributed by atoms with Crippen LogP contribution in [0, 0.1) is 0 Å². The molecule has 0 radical (unpaired) electrons. The summed E-state index contributed by atoms with van der Waals surface area (Å²) in [4.78, 5) is 61.4. The van der Waals surface area contributed by atoms with Crippen molar-refractivity contribution in [2.45, 2.75) is 70.6 Å². The molecular formula is C43H50N8O4. The highest BCUT2D eigenvalue weighted by Crippen LogP contribution is 2.36. The minimum Gasteiger partial charge on any atom is -0.453 e. The van der Waals surface area contributed by atoms with Gasteiger partial charge in [-0.05, 0) is 73.5 Å². The molecule has 0 aliphatic carbocycles. The summed E-state index contributed by atoms with van der Waals surface area (Å²) in [6.07, 6.45) is 6.52. The fourth-order valence-electron chi connectivity index (χ4n) is 8.06. The van der Waals surface area contributed by atoms with Crippen molar-refractivity contribution in [3.8, 4) is 33.6 Å². The molecule has 12 nitrogen and oxygen atoms in total. The molecule has 7 rings (SSSR count). The van der Waals surface area contributed by atoms with E-state index < -0.39 is 12.1 Å². The zero-order valence-corrected chi connectivity index (χ0v) is 32.0. The second-order valence-electron chi connectivity index (χ2n) is 14.3. The molecule has 286 valence electrons. The van der Waals surface area contributed by atoms with Crippen LogP contribution in [0.3, 0.4) is 0 Å².